The van der Waals surface area contributed by atoms with Crippen LogP contribution in [0.5, 0.6) is 0 Å². The monoisotopic (exact) mass is 172 g/mol. The molecule has 4 heteroatoms. The summed E-state index contributed by atoms with van der Waals surface area (Å²) in [6, 6.07) is 0. The molecule has 0 aromatic heterocycles. The van der Waals surface area contributed by atoms with E-state index in [0.29, 0.717) is 0 Å². The largest absolute Gasteiger partial charge is 0.466 e. The Morgan fingerprint density at radius 2 is 2.25 bits per heavy atom. The number of esters is 1. The van der Waals surface area contributed by atoms with E-state index in [0.717, 1.165) is 13.1 Å². The zero-order valence-corrected chi connectivity index (χ0v) is 7.83. The minimum absolute atomic E-state index is 0.340. The number of methoxy groups -OCH3 is 1. The predicted molar refractivity (Wildman–Crippen MR) is 47.7 cm³/mol. The molecule has 1 N–H and O–H groups in total. The molecule has 0 radical (unpaired) electrons. The second-order valence-electron chi connectivity index (χ2n) is 2.61. The Morgan fingerprint density at radius 1 is 1.58 bits per heavy atom. The van der Waals surface area contributed by atoms with E-state index in [2.05, 4.69) is 15.0 Å². The number of hydrogen-bond acceptors (Lipinski definition) is 4. The summed E-state index contributed by atoms with van der Waals surface area (Å²) in [6.45, 7) is 1.76. The third-order valence-electron chi connectivity index (χ3n) is 1.24. The highest BCUT2D eigenvalue weighted by Gasteiger charge is 1.89. The van der Waals surface area contributed by atoms with Gasteiger partial charge in [0.05, 0.1) is 7.11 Å². The van der Waals surface area contributed by atoms with Gasteiger partial charge in [-0.2, -0.15) is 0 Å². The number of rotatable bonds is 5. The highest BCUT2D eigenvalue weighted by Crippen LogP contribution is 1.75. The minimum atomic E-state index is -0.340. The van der Waals surface area contributed by atoms with Crippen LogP contribution in [0.2, 0.25) is 0 Å². The van der Waals surface area contributed by atoms with E-state index in [1.165, 1.54) is 13.2 Å². The van der Waals surface area contributed by atoms with Crippen LogP contribution >= 0.6 is 0 Å². The van der Waals surface area contributed by atoms with Crippen LogP contribution in [-0.2, 0) is 9.53 Å². The maximum absolute atomic E-state index is 10.5. The molecule has 4 nitrogen and oxygen atoms in total. The first-order chi connectivity index (χ1) is 5.66. The van der Waals surface area contributed by atoms with Crippen molar-refractivity contribution in [2.24, 2.45) is 0 Å². The van der Waals surface area contributed by atoms with Crippen molar-refractivity contribution in [1.82, 2.24) is 10.2 Å². The fourth-order valence-corrected chi connectivity index (χ4v) is 0.566. The van der Waals surface area contributed by atoms with Crippen molar-refractivity contribution >= 4 is 5.97 Å². The van der Waals surface area contributed by atoms with Gasteiger partial charge in [0.2, 0.25) is 0 Å². The van der Waals surface area contributed by atoms with Gasteiger partial charge in [0.15, 0.2) is 0 Å². The van der Waals surface area contributed by atoms with Crippen molar-refractivity contribution in [2.75, 3.05) is 34.3 Å². The molecule has 12 heavy (non-hydrogen) atoms. The van der Waals surface area contributed by atoms with Gasteiger partial charge in [-0.1, -0.05) is 0 Å². The van der Waals surface area contributed by atoms with Gasteiger partial charge in [-0.25, -0.2) is 4.79 Å². The summed E-state index contributed by atoms with van der Waals surface area (Å²) in [7, 11) is 5.34. The third-order valence-corrected chi connectivity index (χ3v) is 1.24. The van der Waals surface area contributed by atoms with E-state index in [9.17, 15) is 4.79 Å². The first-order valence-electron chi connectivity index (χ1n) is 3.79. The fourth-order valence-electron chi connectivity index (χ4n) is 0.566. The minimum Gasteiger partial charge on any atom is -0.466 e. The lowest BCUT2D eigenvalue weighted by Gasteiger charge is -2.07. The molecule has 0 amide bonds. The smallest absolute Gasteiger partial charge is 0.331 e. The van der Waals surface area contributed by atoms with Crippen LogP contribution in [0.15, 0.2) is 12.3 Å². The summed E-state index contributed by atoms with van der Waals surface area (Å²) in [5.74, 6) is -0.340. The maximum atomic E-state index is 10.5. The van der Waals surface area contributed by atoms with Crippen molar-refractivity contribution in [3.05, 3.63) is 12.3 Å². The zero-order valence-electron chi connectivity index (χ0n) is 7.83. The molecule has 0 spiro atoms. The first-order valence-corrected chi connectivity index (χ1v) is 3.79. The number of carbonyl (C=O) groups excluding carboxylic acids is 1. The van der Waals surface area contributed by atoms with Gasteiger partial charge in [-0.3, -0.25) is 0 Å². The summed E-state index contributed by atoms with van der Waals surface area (Å²) < 4.78 is 4.40. The standard InChI is InChI=1S/C8H16N2O2/c1-10(2)7-6-9-5-4-8(11)12-3/h4-5,9H,6-7H2,1-3H3/b5-4+. The summed E-state index contributed by atoms with van der Waals surface area (Å²) in [4.78, 5) is 12.6. The average molecular weight is 172 g/mol. The summed E-state index contributed by atoms with van der Waals surface area (Å²) in [6.07, 6.45) is 2.95. The van der Waals surface area contributed by atoms with Crippen molar-refractivity contribution in [3.63, 3.8) is 0 Å². The Labute approximate surface area is 73.2 Å². The molecule has 0 bridgehead atoms. The average Bonchev–Trinajstić information content (AvgIpc) is 2.03. The Balaban J connectivity index is 3.30. The molecule has 0 unspecified atom stereocenters. The van der Waals surface area contributed by atoms with Gasteiger partial charge in [-0.15, -0.1) is 0 Å². The number of nitrogens with zero attached hydrogens (tertiary/aromatic N) is 1. The van der Waals surface area contributed by atoms with Crippen molar-refractivity contribution in [1.29, 1.82) is 0 Å². The number of nitrogens with one attached hydrogen (secondary N) is 1. The molecule has 0 aliphatic rings. The Hall–Kier alpha value is -1.03. The molecular formula is C8H16N2O2. The van der Waals surface area contributed by atoms with E-state index in [-0.39, 0.29) is 5.97 Å². The molecular weight excluding hydrogens is 156 g/mol. The van der Waals surface area contributed by atoms with Crippen LogP contribution in [-0.4, -0.2) is 45.2 Å². The van der Waals surface area contributed by atoms with E-state index >= 15 is 0 Å². The van der Waals surface area contributed by atoms with E-state index in [4.69, 9.17) is 0 Å². The molecule has 0 aliphatic carbocycles. The van der Waals surface area contributed by atoms with Gasteiger partial charge in [0.25, 0.3) is 0 Å². The Morgan fingerprint density at radius 3 is 2.75 bits per heavy atom. The lowest BCUT2D eigenvalue weighted by Crippen LogP contribution is -2.23. The molecule has 0 saturated carbocycles. The van der Waals surface area contributed by atoms with Crippen LogP contribution in [0.25, 0.3) is 0 Å². The lowest BCUT2D eigenvalue weighted by atomic mass is 10.5. The van der Waals surface area contributed by atoms with Crippen LogP contribution in [0.4, 0.5) is 0 Å². The summed E-state index contributed by atoms with van der Waals surface area (Å²) >= 11 is 0. The Kier molecular flexibility index (Phi) is 6.09. The highest BCUT2D eigenvalue weighted by molar-refractivity contribution is 5.81. The maximum Gasteiger partial charge on any atom is 0.331 e. The van der Waals surface area contributed by atoms with Crippen LogP contribution in [0, 0.1) is 0 Å². The summed E-state index contributed by atoms with van der Waals surface area (Å²) in [5, 5.41) is 2.96. The Bertz CT molecular complexity index is 155. The van der Waals surface area contributed by atoms with Crippen molar-refractivity contribution in [2.45, 2.75) is 0 Å². The molecule has 0 saturated heterocycles. The quantitative estimate of drug-likeness (QED) is 0.355. The van der Waals surface area contributed by atoms with Gasteiger partial charge in [0, 0.05) is 25.4 Å². The van der Waals surface area contributed by atoms with Gasteiger partial charge in [0.1, 0.15) is 0 Å². The van der Waals surface area contributed by atoms with Gasteiger partial charge in [-0.05, 0) is 14.1 Å². The second-order valence-corrected chi connectivity index (χ2v) is 2.61. The lowest BCUT2D eigenvalue weighted by molar-refractivity contribution is -0.134. The molecule has 0 aromatic rings. The molecule has 70 valence electrons. The first kappa shape index (κ1) is 11.0. The topological polar surface area (TPSA) is 41.6 Å². The summed E-state index contributed by atoms with van der Waals surface area (Å²) in [5.41, 5.74) is 0. The molecule has 0 aromatic carbocycles. The molecule has 0 fully saturated rings. The van der Waals surface area contributed by atoms with E-state index in [1.54, 1.807) is 6.20 Å². The normalized spacial score (nSPS) is 10.7. The van der Waals surface area contributed by atoms with Gasteiger partial charge >= 0.3 is 5.97 Å². The molecule has 0 aliphatic heterocycles. The molecule has 0 heterocycles. The van der Waals surface area contributed by atoms with Gasteiger partial charge < -0.3 is 15.0 Å². The number of carbonyl (C=O) groups is 1. The third kappa shape index (κ3) is 7.08. The van der Waals surface area contributed by atoms with E-state index < -0.39 is 0 Å². The number of likely N-dealkylation sites (N-methyl/N-ethyl adjacent to an activating group) is 1. The fraction of sp³-hybridized carbons (Fsp3) is 0.625. The highest BCUT2D eigenvalue weighted by atomic mass is 16.5. The zero-order chi connectivity index (χ0) is 9.40. The van der Waals surface area contributed by atoms with E-state index in [1.807, 2.05) is 14.1 Å². The van der Waals surface area contributed by atoms with Crippen molar-refractivity contribution in [3.8, 4) is 0 Å². The van der Waals surface area contributed by atoms with Crippen LogP contribution in [0.3, 0.4) is 0 Å². The number of ether oxygens (including phenoxy) is 1. The second kappa shape index (κ2) is 6.67. The van der Waals surface area contributed by atoms with Crippen LogP contribution < -0.4 is 5.32 Å². The van der Waals surface area contributed by atoms with Crippen LogP contribution in [0.1, 0.15) is 0 Å². The predicted octanol–water partition coefficient (Wildman–Crippen LogP) is -0.176. The SMILES string of the molecule is COC(=O)/C=C/NCCN(C)C. The molecule has 0 atom stereocenters. The number of hydrogen-bond donors (Lipinski definition) is 1. The molecule has 0 rings (SSSR count). The van der Waals surface area contributed by atoms with Crippen molar-refractivity contribution < 1.29 is 9.53 Å².